The molecule has 1 fully saturated rings. The number of anilines is 2. The zero-order chi connectivity index (χ0) is 23.6. The second kappa shape index (κ2) is 9.70. The van der Waals surface area contributed by atoms with Crippen molar-refractivity contribution < 1.29 is 18.0 Å². The van der Waals surface area contributed by atoms with Gasteiger partial charge in [-0.2, -0.15) is 13.2 Å². The SMILES string of the molecule is CCN1CCN(Cc2ccc(NC(=O)Nc3ccc(Br)n4ccnc34)cc2C(F)(F)F)CC1. The van der Waals surface area contributed by atoms with E-state index in [4.69, 9.17) is 0 Å². The number of aromatic nitrogens is 2. The summed E-state index contributed by atoms with van der Waals surface area (Å²) < 4.78 is 43.9. The quantitative estimate of drug-likeness (QED) is 0.466. The van der Waals surface area contributed by atoms with E-state index in [1.165, 1.54) is 12.1 Å². The molecule has 2 aromatic heterocycles. The van der Waals surface area contributed by atoms with Crippen LogP contribution in [0.2, 0.25) is 0 Å². The number of piperazine rings is 1. The van der Waals surface area contributed by atoms with Gasteiger partial charge in [-0.25, -0.2) is 9.78 Å². The maximum absolute atomic E-state index is 13.8. The highest BCUT2D eigenvalue weighted by atomic mass is 79.9. The summed E-state index contributed by atoms with van der Waals surface area (Å²) in [7, 11) is 0. The molecule has 4 rings (SSSR count). The van der Waals surface area contributed by atoms with Crippen LogP contribution in [0.1, 0.15) is 18.1 Å². The molecular formula is C22H24BrF3N6O. The van der Waals surface area contributed by atoms with E-state index in [1.54, 1.807) is 28.9 Å². The zero-order valence-corrected chi connectivity index (χ0v) is 19.6. The third-order valence-corrected chi connectivity index (χ3v) is 6.37. The van der Waals surface area contributed by atoms with Gasteiger partial charge < -0.3 is 15.5 Å². The van der Waals surface area contributed by atoms with Crippen molar-refractivity contribution in [2.45, 2.75) is 19.6 Å². The van der Waals surface area contributed by atoms with Crippen molar-refractivity contribution in [1.29, 1.82) is 0 Å². The third-order valence-electron chi connectivity index (χ3n) is 5.73. The van der Waals surface area contributed by atoms with Gasteiger partial charge in [0.1, 0.15) is 0 Å². The topological polar surface area (TPSA) is 64.9 Å². The van der Waals surface area contributed by atoms with Crippen LogP contribution in [0.15, 0.2) is 47.3 Å². The molecule has 0 aliphatic carbocycles. The first kappa shape index (κ1) is 23.5. The molecule has 33 heavy (non-hydrogen) atoms. The Morgan fingerprint density at radius 3 is 2.52 bits per heavy atom. The van der Waals surface area contributed by atoms with Crippen LogP contribution >= 0.6 is 15.9 Å². The number of nitrogens with zero attached hydrogens (tertiary/aromatic N) is 4. The van der Waals surface area contributed by atoms with Crippen molar-refractivity contribution in [2.24, 2.45) is 0 Å². The van der Waals surface area contributed by atoms with E-state index in [9.17, 15) is 18.0 Å². The Morgan fingerprint density at radius 1 is 1.09 bits per heavy atom. The molecule has 3 aromatic rings. The third kappa shape index (κ3) is 5.48. The highest BCUT2D eigenvalue weighted by molar-refractivity contribution is 9.10. The Kier molecular flexibility index (Phi) is 6.91. The van der Waals surface area contributed by atoms with E-state index < -0.39 is 17.8 Å². The van der Waals surface area contributed by atoms with Crippen LogP contribution in [-0.4, -0.2) is 57.9 Å². The molecule has 3 heterocycles. The van der Waals surface area contributed by atoms with Gasteiger partial charge in [0.05, 0.1) is 15.9 Å². The van der Waals surface area contributed by atoms with Crippen LogP contribution in [0.3, 0.4) is 0 Å². The molecule has 0 spiro atoms. The first-order chi connectivity index (χ1) is 15.7. The summed E-state index contributed by atoms with van der Waals surface area (Å²) in [5.74, 6) is 0. The molecule has 0 radical (unpaired) electrons. The minimum atomic E-state index is -4.53. The predicted octanol–water partition coefficient (Wildman–Crippen LogP) is 4.90. The standard InChI is InChI=1S/C22H24BrF3N6O/c1-2-30-9-11-31(12-10-30)14-15-3-4-16(13-17(15)22(24,25)26)28-21(33)29-18-5-6-19(23)32-8-7-27-20(18)32/h3-8,13H,2,9-12,14H2,1H3,(H2,28,29,33). The number of hydrogen-bond donors (Lipinski definition) is 2. The number of likely N-dealkylation sites (N-methyl/N-ethyl adjacent to an activating group) is 1. The summed E-state index contributed by atoms with van der Waals surface area (Å²) in [5, 5.41) is 5.15. The van der Waals surface area contributed by atoms with Crippen molar-refractivity contribution in [3.63, 3.8) is 0 Å². The van der Waals surface area contributed by atoms with Crippen molar-refractivity contribution in [3.8, 4) is 0 Å². The fourth-order valence-corrected chi connectivity index (χ4v) is 4.34. The van der Waals surface area contributed by atoms with E-state index in [2.05, 4.69) is 43.4 Å². The van der Waals surface area contributed by atoms with Gasteiger partial charge in [-0.05, 0) is 52.3 Å². The second-order valence-corrected chi connectivity index (χ2v) is 8.66. The normalized spacial score (nSPS) is 15.7. The van der Waals surface area contributed by atoms with Gasteiger partial charge in [-0.1, -0.05) is 13.0 Å². The number of carbonyl (C=O) groups excluding carboxylic acids is 1. The molecule has 1 saturated heterocycles. The van der Waals surface area contributed by atoms with Crippen LogP contribution < -0.4 is 10.6 Å². The smallest absolute Gasteiger partial charge is 0.308 e. The van der Waals surface area contributed by atoms with Gasteiger partial charge >= 0.3 is 12.2 Å². The van der Waals surface area contributed by atoms with Gasteiger partial charge in [0.15, 0.2) is 5.65 Å². The molecular weight excluding hydrogens is 501 g/mol. The van der Waals surface area contributed by atoms with Crippen LogP contribution in [0, 0.1) is 0 Å². The number of urea groups is 1. The number of imidazole rings is 1. The number of fused-ring (bicyclic) bond motifs is 1. The fraction of sp³-hybridized carbons (Fsp3) is 0.364. The number of hydrogen-bond acceptors (Lipinski definition) is 4. The largest absolute Gasteiger partial charge is 0.416 e. The van der Waals surface area contributed by atoms with Crippen molar-refractivity contribution >= 4 is 39.0 Å². The monoisotopic (exact) mass is 524 g/mol. The summed E-state index contributed by atoms with van der Waals surface area (Å²) in [6.07, 6.45) is -1.22. The Labute approximate surface area is 197 Å². The number of alkyl halides is 3. The Balaban J connectivity index is 1.48. The molecule has 2 amide bonds. The van der Waals surface area contributed by atoms with E-state index in [0.29, 0.717) is 11.3 Å². The lowest BCUT2D eigenvalue weighted by atomic mass is 10.0. The molecule has 0 atom stereocenters. The van der Waals surface area contributed by atoms with Crippen molar-refractivity contribution in [3.05, 3.63) is 58.5 Å². The number of amides is 2. The maximum atomic E-state index is 13.8. The highest BCUT2D eigenvalue weighted by Gasteiger charge is 2.34. The summed E-state index contributed by atoms with van der Waals surface area (Å²) in [6.45, 7) is 6.38. The Bertz CT molecular complexity index is 1140. The number of rotatable bonds is 5. The summed E-state index contributed by atoms with van der Waals surface area (Å²) in [5.41, 5.74) is 0.465. The zero-order valence-electron chi connectivity index (χ0n) is 18.0. The molecule has 2 N–H and O–H groups in total. The van der Waals surface area contributed by atoms with Gasteiger partial charge in [0.25, 0.3) is 0 Å². The first-order valence-electron chi connectivity index (χ1n) is 10.6. The Hall–Kier alpha value is -2.63. The highest BCUT2D eigenvalue weighted by Crippen LogP contribution is 2.34. The molecule has 176 valence electrons. The van der Waals surface area contributed by atoms with E-state index in [0.717, 1.165) is 43.4 Å². The van der Waals surface area contributed by atoms with Gasteiger partial charge in [-0.15, -0.1) is 0 Å². The lowest BCUT2D eigenvalue weighted by Gasteiger charge is -2.34. The number of halogens is 4. The van der Waals surface area contributed by atoms with Crippen LogP contribution in [0.4, 0.5) is 29.3 Å². The molecule has 7 nitrogen and oxygen atoms in total. The predicted molar refractivity (Wildman–Crippen MR) is 124 cm³/mol. The van der Waals surface area contributed by atoms with Gasteiger partial charge in [0, 0.05) is 50.8 Å². The minimum Gasteiger partial charge on any atom is -0.308 e. The lowest BCUT2D eigenvalue weighted by molar-refractivity contribution is -0.138. The summed E-state index contributed by atoms with van der Waals surface area (Å²) in [6, 6.07) is 6.68. The molecule has 1 aromatic carbocycles. The molecule has 0 saturated carbocycles. The van der Waals surface area contributed by atoms with E-state index in [-0.39, 0.29) is 17.8 Å². The Morgan fingerprint density at radius 2 is 1.82 bits per heavy atom. The van der Waals surface area contributed by atoms with E-state index >= 15 is 0 Å². The van der Waals surface area contributed by atoms with Gasteiger partial charge in [0.2, 0.25) is 0 Å². The number of benzene rings is 1. The fourth-order valence-electron chi connectivity index (χ4n) is 3.92. The number of carbonyl (C=O) groups is 1. The lowest BCUT2D eigenvalue weighted by Crippen LogP contribution is -2.45. The minimum absolute atomic E-state index is 0.0656. The molecule has 1 aliphatic rings. The molecule has 0 bridgehead atoms. The summed E-state index contributed by atoms with van der Waals surface area (Å²) in [4.78, 5) is 21.0. The summed E-state index contributed by atoms with van der Waals surface area (Å²) >= 11 is 3.39. The maximum Gasteiger partial charge on any atom is 0.416 e. The van der Waals surface area contributed by atoms with Crippen LogP contribution in [0.5, 0.6) is 0 Å². The van der Waals surface area contributed by atoms with E-state index in [1.807, 2.05) is 4.90 Å². The number of nitrogens with one attached hydrogen (secondary N) is 2. The second-order valence-electron chi connectivity index (χ2n) is 7.85. The van der Waals surface area contributed by atoms with Crippen molar-refractivity contribution in [1.82, 2.24) is 19.2 Å². The molecule has 1 aliphatic heterocycles. The average Bonchev–Trinajstić information content (AvgIpc) is 3.28. The number of pyridine rings is 1. The van der Waals surface area contributed by atoms with Gasteiger partial charge in [-0.3, -0.25) is 9.30 Å². The van der Waals surface area contributed by atoms with Crippen molar-refractivity contribution in [2.75, 3.05) is 43.4 Å². The first-order valence-corrected chi connectivity index (χ1v) is 11.4. The molecule has 0 unspecified atom stereocenters. The molecule has 11 heteroatoms. The average molecular weight is 525 g/mol. The van der Waals surface area contributed by atoms with Crippen LogP contribution in [0.25, 0.3) is 5.65 Å². The van der Waals surface area contributed by atoms with Crippen LogP contribution in [-0.2, 0) is 12.7 Å².